The summed E-state index contributed by atoms with van der Waals surface area (Å²) >= 11 is 10.2. The number of nitrogens with zero attached hydrogens (tertiary/aromatic N) is 1. The average Bonchev–Trinajstić information content (AvgIpc) is 2.89. The van der Waals surface area contributed by atoms with Gasteiger partial charge in [-0.25, -0.2) is 0 Å². The fourth-order valence-electron chi connectivity index (χ4n) is 3.91. The molecule has 3 aromatic carbocycles. The van der Waals surface area contributed by atoms with Crippen molar-refractivity contribution in [1.82, 2.24) is 0 Å². The zero-order valence-electron chi connectivity index (χ0n) is 20.3. The smallest absolute Gasteiger partial charge is 0.262 e. The van der Waals surface area contributed by atoms with Crippen molar-refractivity contribution in [2.75, 3.05) is 55.6 Å². The van der Waals surface area contributed by atoms with Crippen LogP contribution in [-0.4, -0.2) is 45.9 Å². The summed E-state index contributed by atoms with van der Waals surface area (Å²) < 4.78 is 17.7. The number of morpholine rings is 1. The summed E-state index contributed by atoms with van der Waals surface area (Å²) in [4.78, 5) is 14.7. The van der Waals surface area contributed by atoms with E-state index in [2.05, 4.69) is 31.5 Å². The standard InChI is InChI=1S/C27H29BrClN3O4/c1-18-3-5-19(6-4-18)31-26(33)17-36-27-21(22(28)8-10-25(27)34-2)16-30-20-7-9-24(23(29)15-20)32-11-13-35-14-12-32/h3-10,15,30H,11-14,16-17H2,1-2H3,(H,31,33). The third kappa shape index (κ3) is 6.63. The molecule has 1 aliphatic rings. The van der Waals surface area contributed by atoms with E-state index in [4.69, 9.17) is 25.8 Å². The van der Waals surface area contributed by atoms with Gasteiger partial charge in [-0.2, -0.15) is 0 Å². The molecule has 190 valence electrons. The highest BCUT2D eigenvalue weighted by molar-refractivity contribution is 9.10. The molecule has 7 nitrogen and oxygen atoms in total. The summed E-state index contributed by atoms with van der Waals surface area (Å²) in [6.07, 6.45) is 0. The Balaban J connectivity index is 1.44. The number of aryl methyl sites for hydroxylation is 1. The highest BCUT2D eigenvalue weighted by Crippen LogP contribution is 2.37. The van der Waals surface area contributed by atoms with Crippen LogP contribution in [0.25, 0.3) is 0 Å². The predicted molar refractivity (Wildman–Crippen MR) is 148 cm³/mol. The molecular weight excluding hydrogens is 546 g/mol. The molecule has 1 heterocycles. The fourth-order valence-corrected chi connectivity index (χ4v) is 4.66. The van der Waals surface area contributed by atoms with E-state index in [0.29, 0.717) is 36.3 Å². The van der Waals surface area contributed by atoms with Crippen LogP contribution in [0.2, 0.25) is 5.02 Å². The molecule has 36 heavy (non-hydrogen) atoms. The first-order chi connectivity index (χ1) is 17.4. The first-order valence-corrected chi connectivity index (χ1v) is 12.8. The Kier molecular flexibility index (Phi) is 8.96. The third-order valence-electron chi connectivity index (χ3n) is 5.84. The number of amides is 1. The van der Waals surface area contributed by atoms with Crippen molar-refractivity contribution in [2.45, 2.75) is 13.5 Å². The molecule has 1 aliphatic heterocycles. The summed E-state index contributed by atoms with van der Waals surface area (Å²) in [5, 5.41) is 6.93. The molecule has 0 unspecified atom stereocenters. The van der Waals surface area contributed by atoms with Crippen LogP contribution in [0.15, 0.2) is 59.1 Å². The first-order valence-electron chi connectivity index (χ1n) is 11.7. The van der Waals surface area contributed by atoms with Crippen LogP contribution in [0.4, 0.5) is 17.1 Å². The lowest BCUT2D eigenvalue weighted by Crippen LogP contribution is -2.36. The molecule has 0 aliphatic carbocycles. The van der Waals surface area contributed by atoms with Crippen molar-refractivity contribution in [3.63, 3.8) is 0 Å². The Morgan fingerprint density at radius 1 is 1.08 bits per heavy atom. The number of benzene rings is 3. The number of methoxy groups -OCH3 is 1. The summed E-state index contributed by atoms with van der Waals surface area (Å²) in [6, 6.07) is 17.2. The van der Waals surface area contributed by atoms with Gasteiger partial charge in [-0.15, -0.1) is 0 Å². The second-order valence-corrected chi connectivity index (χ2v) is 9.64. The van der Waals surface area contributed by atoms with Gasteiger partial charge in [-0.1, -0.05) is 45.2 Å². The molecule has 9 heteroatoms. The average molecular weight is 575 g/mol. The Bertz CT molecular complexity index is 1200. The van der Waals surface area contributed by atoms with Gasteiger partial charge >= 0.3 is 0 Å². The Hall–Kier alpha value is -2.94. The maximum atomic E-state index is 12.5. The summed E-state index contributed by atoms with van der Waals surface area (Å²) in [6.45, 7) is 5.31. The minimum Gasteiger partial charge on any atom is -0.493 e. The van der Waals surface area contributed by atoms with Gasteiger partial charge in [0.25, 0.3) is 5.91 Å². The normalized spacial score (nSPS) is 13.3. The summed E-state index contributed by atoms with van der Waals surface area (Å²) in [5.74, 6) is 0.776. The molecule has 2 N–H and O–H groups in total. The Morgan fingerprint density at radius 3 is 2.50 bits per heavy atom. The van der Waals surface area contributed by atoms with Gasteiger partial charge < -0.3 is 29.7 Å². The highest BCUT2D eigenvalue weighted by Gasteiger charge is 2.18. The van der Waals surface area contributed by atoms with Crippen molar-refractivity contribution in [3.05, 3.63) is 75.2 Å². The molecule has 0 atom stereocenters. The maximum Gasteiger partial charge on any atom is 0.262 e. The van der Waals surface area contributed by atoms with Gasteiger partial charge in [-0.05, 0) is 49.4 Å². The van der Waals surface area contributed by atoms with Crippen LogP contribution in [0, 0.1) is 6.92 Å². The number of carbonyl (C=O) groups is 1. The number of carbonyl (C=O) groups excluding carboxylic acids is 1. The molecule has 0 aromatic heterocycles. The van der Waals surface area contributed by atoms with Crippen LogP contribution in [0.1, 0.15) is 11.1 Å². The zero-order valence-corrected chi connectivity index (χ0v) is 22.6. The van der Waals surface area contributed by atoms with E-state index in [9.17, 15) is 4.79 Å². The minimum atomic E-state index is -0.259. The maximum absolute atomic E-state index is 12.5. The second-order valence-electron chi connectivity index (χ2n) is 8.38. The van der Waals surface area contributed by atoms with Gasteiger partial charge in [0.15, 0.2) is 18.1 Å². The summed E-state index contributed by atoms with van der Waals surface area (Å²) in [5.41, 5.74) is 4.53. The van der Waals surface area contributed by atoms with Crippen LogP contribution >= 0.6 is 27.5 Å². The molecule has 0 spiro atoms. The van der Waals surface area contributed by atoms with Gasteiger partial charge in [0, 0.05) is 41.0 Å². The first kappa shape index (κ1) is 26.1. The van der Waals surface area contributed by atoms with Crippen LogP contribution in [0.5, 0.6) is 11.5 Å². The molecule has 1 fully saturated rings. The lowest BCUT2D eigenvalue weighted by molar-refractivity contribution is -0.118. The van der Waals surface area contributed by atoms with Gasteiger partial charge in [0.2, 0.25) is 0 Å². The van der Waals surface area contributed by atoms with Gasteiger partial charge in [0.05, 0.1) is 31.0 Å². The van der Waals surface area contributed by atoms with Crippen LogP contribution < -0.4 is 25.0 Å². The number of hydrogen-bond acceptors (Lipinski definition) is 6. The quantitative estimate of drug-likeness (QED) is 0.332. The van der Waals surface area contributed by atoms with Gasteiger partial charge in [0.1, 0.15) is 0 Å². The van der Waals surface area contributed by atoms with Crippen LogP contribution in [0.3, 0.4) is 0 Å². The van der Waals surface area contributed by atoms with Crippen molar-refractivity contribution in [2.24, 2.45) is 0 Å². The molecule has 1 amide bonds. The van der Waals surface area contributed by atoms with Crippen molar-refractivity contribution in [3.8, 4) is 11.5 Å². The zero-order chi connectivity index (χ0) is 25.5. The molecule has 4 rings (SSSR count). The lowest BCUT2D eigenvalue weighted by Gasteiger charge is -2.29. The monoisotopic (exact) mass is 573 g/mol. The number of ether oxygens (including phenoxy) is 3. The summed E-state index contributed by atoms with van der Waals surface area (Å²) in [7, 11) is 1.57. The number of hydrogen-bond donors (Lipinski definition) is 2. The second kappa shape index (κ2) is 12.3. The van der Waals surface area contributed by atoms with E-state index in [0.717, 1.165) is 45.8 Å². The van der Waals surface area contributed by atoms with E-state index in [-0.39, 0.29) is 12.5 Å². The number of halogens is 2. The van der Waals surface area contributed by atoms with Crippen molar-refractivity contribution < 1.29 is 19.0 Å². The predicted octanol–water partition coefficient (Wildman–Crippen LogP) is 5.89. The molecule has 0 radical (unpaired) electrons. The molecule has 3 aromatic rings. The van der Waals surface area contributed by atoms with E-state index < -0.39 is 0 Å². The lowest BCUT2D eigenvalue weighted by atomic mass is 10.1. The topological polar surface area (TPSA) is 72.1 Å². The van der Waals surface area contributed by atoms with Crippen molar-refractivity contribution >= 4 is 50.5 Å². The Labute approximate surface area is 224 Å². The van der Waals surface area contributed by atoms with Gasteiger partial charge in [-0.3, -0.25) is 4.79 Å². The van der Waals surface area contributed by atoms with Crippen LogP contribution in [-0.2, 0) is 16.1 Å². The third-order valence-corrected chi connectivity index (χ3v) is 6.88. The van der Waals surface area contributed by atoms with E-state index in [1.165, 1.54) is 0 Å². The molecule has 1 saturated heterocycles. The molecule has 0 saturated carbocycles. The SMILES string of the molecule is COc1ccc(Br)c(CNc2ccc(N3CCOCC3)c(Cl)c2)c1OCC(=O)Nc1ccc(C)cc1. The fraction of sp³-hybridized carbons (Fsp3) is 0.296. The Morgan fingerprint density at radius 2 is 1.81 bits per heavy atom. The molecule has 0 bridgehead atoms. The number of rotatable bonds is 9. The minimum absolute atomic E-state index is 0.159. The highest BCUT2D eigenvalue weighted by atomic mass is 79.9. The largest absolute Gasteiger partial charge is 0.493 e. The van der Waals surface area contributed by atoms with E-state index >= 15 is 0 Å². The number of nitrogens with one attached hydrogen (secondary N) is 2. The van der Waals surface area contributed by atoms with E-state index in [1.807, 2.05) is 55.5 Å². The van der Waals surface area contributed by atoms with E-state index in [1.54, 1.807) is 13.2 Å². The molecular formula is C27H29BrClN3O4. The number of anilines is 3. The van der Waals surface area contributed by atoms with Crippen molar-refractivity contribution in [1.29, 1.82) is 0 Å².